The second kappa shape index (κ2) is 9.58. The summed E-state index contributed by atoms with van der Waals surface area (Å²) in [6.45, 7) is 8.43. The van der Waals surface area contributed by atoms with E-state index in [1.807, 2.05) is 13.8 Å². The van der Waals surface area contributed by atoms with Gasteiger partial charge in [-0.1, -0.05) is 13.8 Å². The Bertz CT molecular complexity index is 789. The van der Waals surface area contributed by atoms with E-state index in [9.17, 15) is 19.2 Å². The van der Waals surface area contributed by atoms with Gasteiger partial charge in [-0.2, -0.15) is 0 Å². The maximum atomic E-state index is 13.4. The minimum absolute atomic E-state index is 0.0205. The minimum atomic E-state index is -0.983. The van der Waals surface area contributed by atoms with Crippen LogP contribution in [0, 0.1) is 5.92 Å². The molecule has 0 unspecified atom stereocenters. The zero-order valence-corrected chi connectivity index (χ0v) is 19.3. The van der Waals surface area contributed by atoms with Gasteiger partial charge in [-0.25, -0.2) is 9.59 Å². The SMILES string of the molecule is CC(C)N[C@]12CCN(C1)C(=O)OCC=CCOC(=O)N1CC(C(=O)C(C)C)(C1)NCC2=O. The molecule has 32 heavy (non-hydrogen) atoms. The van der Waals surface area contributed by atoms with Crippen molar-refractivity contribution in [2.24, 2.45) is 5.92 Å². The van der Waals surface area contributed by atoms with Crippen molar-refractivity contribution in [2.75, 3.05) is 45.9 Å². The highest BCUT2D eigenvalue weighted by atomic mass is 16.6. The molecule has 10 heteroatoms. The van der Waals surface area contributed by atoms with Crippen molar-refractivity contribution in [3.05, 3.63) is 12.2 Å². The van der Waals surface area contributed by atoms with Crippen LogP contribution >= 0.6 is 0 Å². The smallest absolute Gasteiger partial charge is 0.410 e. The van der Waals surface area contributed by atoms with Gasteiger partial charge in [0, 0.05) is 25.0 Å². The lowest BCUT2D eigenvalue weighted by atomic mass is 9.80. The molecule has 4 bridgehead atoms. The number of Topliss-reactive ketones (excluding diaryl/α,β-unsaturated/α-hetero) is 2. The van der Waals surface area contributed by atoms with Crippen molar-refractivity contribution in [3.63, 3.8) is 0 Å². The van der Waals surface area contributed by atoms with Gasteiger partial charge in [0.05, 0.1) is 25.2 Å². The summed E-state index contributed by atoms with van der Waals surface area (Å²) < 4.78 is 10.5. The van der Waals surface area contributed by atoms with Gasteiger partial charge >= 0.3 is 12.2 Å². The first-order chi connectivity index (χ1) is 15.1. The predicted octanol–water partition coefficient (Wildman–Crippen LogP) is 0.710. The average Bonchev–Trinajstić information content (AvgIpc) is 3.13. The fraction of sp³-hybridized carbons (Fsp3) is 0.727. The molecule has 2 N–H and O–H groups in total. The molecule has 10 nitrogen and oxygen atoms in total. The number of hydrogen-bond donors (Lipinski definition) is 2. The molecule has 0 aromatic heterocycles. The van der Waals surface area contributed by atoms with E-state index in [2.05, 4.69) is 10.6 Å². The lowest BCUT2D eigenvalue weighted by Crippen LogP contribution is -2.76. The Morgan fingerprint density at radius 3 is 2.16 bits per heavy atom. The van der Waals surface area contributed by atoms with Crippen LogP contribution in [-0.2, 0) is 19.1 Å². The van der Waals surface area contributed by atoms with Crippen molar-refractivity contribution < 1.29 is 28.7 Å². The fourth-order valence-corrected chi connectivity index (χ4v) is 4.56. The van der Waals surface area contributed by atoms with Gasteiger partial charge < -0.3 is 24.6 Å². The van der Waals surface area contributed by atoms with Crippen LogP contribution in [0.2, 0.25) is 0 Å². The highest BCUT2D eigenvalue weighted by Crippen LogP contribution is 2.28. The number of fused-ring (bicyclic) bond motifs is 8. The number of nitrogens with one attached hydrogen (secondary N) is 2. The molecule has 4 aliphatic heterocycles. The van der Waals surface area contributed by atoms with E-state index in [1.54, 1.807) is 26.0 Å². The van der Waals surface area contributed by atoms with E-state index >= 15 is 0 Å². The maximum Gasteiger partial charge on any atom is 0.410 e. The molecule has 178 valence electrons. The Morgan fingerprint density at radius 2 is 1.59 bits per heavy atom. The van der Waals surface area contributed by atoms with Crippen LogP contribution < -0.4 is 10.6 Å². The molecule has 2 saturated heterocycles. The summed E-state index contributed by atoms with van der Waals surface area (Å²) in [5.41, 5.74) is -1.91. The first-order valence-corrected chi connectivity index (χ1v) is 11.2. The molecule has 2 amide bonds. The van der Waals surface area contributed by atoms with E-state index < -0.39 is 23.3 Å². The van der Waals surface area contributed by atoms with Crippen molar-refractivity contribution >= 4 is 23.8 Å². The van der Waals surface area contributed by atoms with Crippen LogP contribution in [0.1, 0.15) is 34.1 Å². The number of ether oxygens (including phenoxy) is 2. The Morgan fingerprint density at radius 1 is 1.00 bits per heavy atom. The van der Waals surface area contributed by atoms with Gasteiger partial charge in [0.2, 0.25) is 0 Å². The number of hydrogen-bond acceptors (Lipinski definition) is 8. The molecule has 4 heterocycles. The van der Waals surface area contributed by atoms with E-state index in [4.69, 9.17) is 9.47 Å². The maximum absolute atomic E-state index is 13.4. The van der Waals surface area contributed by atoms with E-state index in [0.29, 0.717) is 13.0 Å². The third kappa shape index (κ3) is 4.96. The summed E-state index contributed by atoms with van der Waals surface area (Å²) in [5, 5.41) is 6.51. The first-order valence-electron chi connectivity index (χ1n) is 11.2. The van der Waals surface area contributed by atoms with Gasteiger partial charge in [-0.15, -0.1) is 0 Å². The van der Waals surface area contributed by atoms with Gasteiger partial charge in [-0.3, -0.25) is 14.9 Å². The summed E-state index contributed by atoms with van der Waals surface area (Å²) >= 11 is 0. The Hall–Kier alpha value is -2.46. The highest BCUT2D eigenvalue weighted by molar-refractivity contribution is 5.96. The van der Waals surface area contributed by atoms with Gasteiger partial charge in [0.25, 0.3) is 0 Å². The lowest BCUT2D eigenvalue weighted by Gasteiger charge is -2.49. The minimum Gasteiger partial charge on any atom is -0.445 e. The molecule has 4 rings (SSSR count). The quantitative estimate of drug-likeness (QED) is 0.602. The number of amides is 2. The molecular weight excluding hydrogens is 416 g/mol. The fourth-order valence-electron chi connectivity index (χ4n) is 4.56. The second-order valence-electron chi connectivity index (χ2n) is 9.41. The molecule has 4 aliphatic rings. The van der Waals surface area contributed by atoms with Gasteiger partial charge in [0.15, 0.2) is 11.6 Å². The predicted molar refractivity (Wildman–Crippen MR) is 116 cm³/mol. The monoisotopic (exact) mass is 450 g/mol. The molecule has 0 saturated carbocycles. The van der Waals surface area contributed by atoms with Crippen LogP contribution in [0.5, 0.6) is 0 Å². The van der Waals surface area contributed by atoms with E-state index in [-0.39, 0.29) is 62.9 Å². The zero-order valence-electron chi connectivity index (χ0n) is 19.3. The van der Waals surface area contributed by atoms with Gasteiger partial charge in [-0.05, 0) is 32.4 Å². The van der Waals surface area contributed by atoms with E-state index in [1.165, 1.54) is 9.80 Å². The van der Waals surface area contributed by atoms with Gasteiger partial charge in [0.1, 0.15) is 18.8 Å². The number of carbonyl (C=O) groups is 4. The van der Waals surface area contributed by atoms with Crippen LogP contribution in [0.25, 0.3) is 0 Å². The van der Waals surface area contributed by atoms with Crippen LogP contribution in [0.3, 0.4) is 0 Å². The lowest BCUT2D eigenvalue weighted by molar-refractivity contribution is -0.136. The number of carbonyl (C=O) groups excluding carboxylic acids is 4. The molecular formula is C22H34N4O6. The summed E-state index contributed by atoms with van der Waals surface area (Å²) in [6, 6.07) is 0.0205. The number of ketones is 2. The molecule has 1 atom stereocenters. The van der Waals surface area contributed by atoms with Crippen LogP contribution in [-0.4, -0.2) is 96.6 Å². The standard InChI is InChI=1S/C22H34N4O6/c1-15(2)18(28)22-13-26(14-22)20(30)32-10-6-5-9-31-19(29)25-8-7-21(12-25,24-16(3)4)17(27)11-23-22/h5-6,15-16,23-24H,7-14H2,1-4H3/t21-/m1/s1. The van der Waals surface area contributed by atoms with Crippen molar-refractivity contribution in [1.29, 1.82) is 0 Å². The molecule has 2 fully saturated rings. The first kappa shape index (κ1) is 24.2. The summed E-state index contributed by atoms with van der Waals surface area (Å²) in [6.07, 6.45) is 2.64. The highest BCUT2D eigenvalue weighted by Gasteiger charge is 2.53. The number of nitrogens with zero attached hydrogens (tertiary/aromatic N) is 2. The summed E-state index contributed by atoms with van der Waals surface area (Å²) in [4.78, 5) is 54.1. The molecule has 0 aliphatic carbocycles. The Balaban J connectivity index is 1.84. The molecule has 0 spiro atoms. The second-order valence-corrected chi connectivity index (χ2v) is 9.41. The molecule has 0 aromatic rings. The number of rotatable bonds is 4. The summed E-state index contributed by atoms with van der Waals surface area (Å²) in [7, 11) is 0. The van der Waals surface area contributed by atoms with Crippen molar-refractivity contribution in [2.45, 2.75) is 51.2 Å². The van der Waals surface area contributed by atoms with Crippen LogP contribution in [0.15, 0.2) is 12.2 Å². The third-order valence-corrected chi connectivity index (χ3v) is 6.16. The average molecular weight is 451 g/mol. The Labute approximate surface area is 188 Å². The topological polar surface area (TPSA) is 117 Å². The zero-order chi connectivity index (χ0) is 23.5. The molecule has 0 aromatic carbocycles. The third-order valence-electron chi connectivity index (χ3n) is 6.16. The largest absolute Gasteiger partial charge is 0.445 e. The van der Waals surface area contributed by atoms with Crippen molar-refractivity contribution in [1.82, 2.24) is 20.4 Å². The Kier molecular flexibility index (Phi) is 7.24. The normalized spacial score (nSPS) is 29.6. The molecule has 0 radical (unpaired) electrons. The van der Waals surface area contributed by atoms with E-state index in [0.717, 1.165) is 0 Å². The van der Waals surface area contributed by atoms with Crippen LogP contribution in [0.4, 0.5) is 9.59 Å². The van der Waals surface area contributed by atoms with Crippen molar-refractivity contribution in [3.8, 4) is 0 Å². The summed E-state index contributed by atoms with van der Waals surface area (Å²) in [5.74, 6) is -0.426.